The molecule has 1 saturated heterocycles. The maximum atomic E-state index is 14.7. The average molecular weight is 433 g/mol. The van der Waals surface area contributed by atoms with Gasteiger partial charge >= 0.3 is 0 Å². The molecule has 31 heavy (non-hydrogen) atoms. The number of hydrogen-bond donors (Lipinski definition) is 0. The van der Waals surface area contributed by atoms with Crippen LogP contribution in [0.25, 0.3) is 0 Å². The van der Waals surface area contributed by atoms with Crippen LogP contribution in [0.1, 0.15) is 113 Å². The topological polar surface area (TPSA) is 12.5 Å². The van der Waals surface area contributed by atoms with Crippen LogP contribution < -0.4 is 0 Å². The van der Waals surface area contributed by atoms with Crippen LogP contribution in [0.2, 0.25) is 0 Å². The second-order valence-corrected chi connectivity index (χ2v) is 10.8. The molecule has 0 aromatic heterocycles. The molecule has 1 atom stereocenters. The van der Waals surface area contributed by atoms with Gasteiger partial charge in [0.25, 0.3) is 0 Å². The van der Waals surface area contributed by atoms with Crippen molar-refractivity contribution < 1.29 is 13.5 Å². The normalized spacial score (nSPS) is 31.0. The molecule has 3 heteroatoms. The highest BCUT2D eigenvalue weighted by molar-refractivity contribution is 5.36. The first-order chi connectivity index (χ1) is 15.1. The molecule has 2 aliphatic carbocycles. The van der Waals surface area contributed by atoms with Gasteiger partial charge in [0.2, 0.25) is 0 Å². The van der Waals surface area contributed by atoms with Crippen LogP contribution in [-0.2, 0) is 11.2 Å². The molecule has 174 valence electrons. The van der Waals surface area contributed by atoms with Crippen LogP contribution in [0, 0.1) is 42.2 Å². The Kier molecular flexibility index (Phi) is 8.06. The summed E-state index contributed by atoms with van der Waals surface area (Å²) in [5.74, 6) is 2.23. The lowest BCUT2D eigenvalue weighted by molar-refractivity contribution is 0.140. The lowest BCUT2D eigenvalue weighted by Crippen LogP contribution is -2.26. The van der Waals surface area contributed by atoms with Crippen LogP contribution >= 0.6 is 0 Å². The lowest BCUT2D eigenvalue weighted by Gasteiger charge is -2.38. The van der Waals surface area contributed by atoms with Crippen molar-refractivity contribution in [2.45, 2.75) is 110 Å². The van der Waals surface area contributed by atoms with Gasteiger partial charge in [-0.05, 0) is 86.3 Å². The van der Waals surface area contributed by atoms with Crippen molar-refractivity contribution in [2.75, 3.05) is 6.61 Å². The number of benzene rings is 1. The number of rotatable bonds is 9. The smallest absolute Gasteiger partial charge is 0.165 e. The number of unbranched alkanes of at least 4 members (excludes halogenated alkanes) is 2. The van der Waals surface area contributed by atoms with E-state index in [9.17, 15) is 8.78 Å². The Balaban J connectivity index is 1.20. The molecule has 1 heterocycles. The first kappa shape index (κ1) is 23.2. The predicted molar refractivity (Wildman–Crippen MR) is 123 cm³/mol. The Hall–Kier alpha value is -0.960. The van der Waals surface area contributed by atoms with E-state index in [0.717, 1.165) is 29.7 Å². The molecule has 0 amide bonds. The van der Waals surface area contributed by atoms with E-state index in [4.69, 9.17) is 4.74 Å². The SMILES string of the molecule is CCCCCC1CCC(C2CCC(CCc3c(C)cc(C4CO4)c(F)c3F)CC2)CC1. The summed E-state index contributed by atoms with van der Waals surface area (Å²) in [7, 11) is 0. The molecule has 0 N–H and O–H groups in total. The zero-order valence-corrected chi connectivity index (χ0v) is 19.7. The zero-order valence-electron chi connectivity index (χ0n) is 19.7. The van der Waals surface area contributed by atoms with Gasteiger partial charge in [0.05, 0.1) is 6.61 Å². The molecular weight excluding hydrogens is 390 g/mol. The highest BCUT2D eigenvalue weighted by atomic mass is 19.2. The van der Waals surface area contributed by atoms with Crippen molar-refractivity contribution in [1.82, 2.24) is 0 Å². The van der Waals surface area contributed by atoms with Crippen molar-refractivity contribution in [1.29, 1.82) is 0 Å². The van der Waals surface area contributed by atoms with Gasteiger partial charge in [0, 0.05) is 5.56 Å². The summed E-state index contributed by atoms with van der Waals surface area (Å²) < 4.78 is 34.2. The number of epoxide rings is 1. The Morgan fingerprint density at radius 3 is 1.97 bits per heavy atom. The van der Waals surface area contributed by atoms with E-state index in [2.05, 4.69) is 6.92 Å². The Bertz CT molecular complexity index is 710. The van der Waals surface area contributed by atoms with Crippen LogP contribution in [0.5, 0.6) is 0 Å². The average Bonchev–Trinajstić information content (AvgIpc) is 3.63. The lowest BCUT2D eigenvalue weighted by atomic mass is 9.68. The Morgan fingerprint density at radius 1 is 0.839 bits per heavy atom. The maximum absolute atomic E-state index is 14.7. The fraction of sp³-hybridized carbons (Fsp3) is 0.786. The Labute approximate surface area is 188 Å². The highest BCUT2D eigenvalue weighted by Gasteiger charge is 2.32. The standard InChI is InChI=1S/C28H42F2O/c1-3-4-5-6-20-7-12-22(13-8-20)23-14-9-21(10-15-23)11-16-24-19(2)17-25(26-18-31-26)28(30)27(24)29/h17,20-23,26H,3-16,18H2,1-2H3. The summed E-state index contributed by atoms with van der Waals surface area (Å²) in [5, 5.41) is 0. The second-order valence-electron chi connectivity index (χ2n) is 10.8. The molecule has 1 aromatic rings. The number of hydrogen-bond acceptors (Lipinski definition) is 1. The molecule has 1 unspecified atom stereocenters. The minimum Gasteiger partial charge on any atom is -0.368 e. The third kappa shape index (κ3) is 5.89. The van der Waals surface area contributed by atoms with Crippen LogP contribution in [-0.4, -0.2) is 6.61 Å². The molecule has 0 radical (unpaired) electrons. The molecule has 4 rings (SSSR count). The number of ether oxygens (including phenoxy) is 1. The van der Waals surface area contributed by atoms with E-state index in [1.165, 1.54) is 77.0 Å². The van der Waals surface area contributed by atoms with Gasteiger partial charge in [-0.2, -0.15) is 0 Å². The van der Waals surface area contributed by atoms with Crippen LogP contribution in [0.3, 0.4) is 0 Å². The van der Waals surface area contributed by atoms with Crippen molar-refractivity contribution in [3.05, 3.63) is 34.4 Å². The minimum absolute atomic E-state index is 0.232. The van der Waals surface area contributed by atoms with Gasteiger partial charge in [-0.25, -0.2) is 8.78 Å². The third-order valence-corrected chi connectivity index (χ3v) is 8.71. The van der Waals surface area contributed by atoms with Crippen molar-refractivity contribution in [3.63, 3.8) is 0 Å². The zero-order chi connectivity index (χ0) is 21.8. The van der Waals surface area contributed by atoms with Crippen molar-refractivity contribution in [3.8, 4) is 0 Å². The Morgan fingerprint density at radius 2 is 1.42 bits per heavy atom. The van der Waals surface area contributed by atoms with Gasteiger partial charge in [0.1, 0.15) is 6.10 Å². The molecule has 0 bridgehead atoms. The molecule has 3 fully saturated rings. The van der Waals surface area contributed by atoms with Crippen molar-refractivity contribution in [2.24, 2.45) is 23.7 Å². The van der Waals surface area contributed by atoms with E-state index in [1.807, 2.05) is 6.92 Å². The first-order valence-corrected chi connectivity index (χ1v) is 13.2. The number of aryl methyl sites for hydroxylation is 1. The second kappa shape index (κ2) is 10.8. The molecule has 2 saturated carbocycles. The van der Waals surface area contributed by atoms with Gasteiger partial charge in [-0.15, -0.1) is 0 Å². The summed E-state index contributed by atoms with van der Waals surface area (Å²) >= 11 is 0. The van der Waals surface area contributed by atoms with Gasteiger partial charge < -0.3 is 4.74 Å². The molecular formula is C28H42F2O. The minimum atomic E-state index is -0.683. The first-order valence-electron chi connectivity index (χ1n) is 13.2. The van der Waals surface area contributed by atoms with E-state index < -0.39 is 11.6 Å². The monoisotopic (exact) mass is 432 g/mol. The highest BCUT2D eigenvalue weighted by Crippen LogP contribution is 2.43. The molecule has 3 aliphatic rings. The molecule has 0 spiro atoms. The largest absolute Gasteiger partial charge is 0.368 e. The number of halogens is 2. The molecule has 1 aliphatic heterocycles. The quantitative estimate of drug-likeness (QED) is 0.281. The predicted octanol–water partition coefficient (Wildman–Crippen LogP) is 8.47. The fourth-order valence-corrected chi connectivity index (χ4v) is 6.51. The van der Waals surface area contributed by atoms with Crippen molar-refractivity contribution >= 4 is 0 Å². The molecule has 1 aromatic carbocycles. The third-order valence-electron chi connectivity index (χ3n) is 8.71. The summed E-state index contributed by atoms with van der Waals surface area (Å²) in [6, 6.07) is 1.81. The summed E-state index contributed by atoms with van der Waals surface area (Å²) in [6.45, 7) is 4.72. The van der Waals surface area contributed by atoms with Gasteiger partial charge in [-0.3, -0.25) is 0 Å². The molecule has 1 nitrogen and oxygen atoms in total. The van der Waals surface area contributed by atoms with Gasteiger partial charge in [-0.1, -0.05) is 58.3 Å². The fourth-order valence-electron chi connectivity index (χ4n) is 6.51. The summed E-state index contributed by atoms with van der Waals surface area (Å²) in [5.41, 5.74) is 1.87. The van der Waals surface area contributed by atoms with E-state index in [-0.39, 0.29) is 6.10 Å². The summed E-state index contributed by atoms with van der Waals surface area (Å²) in [6.07, 6.45) is 18.1. The van der Waals surface area contributed by atoms with Crippen LogP contribution in [0.4, 0.5) is 8.78 Å². The van der Waals surface area contributed by atoms with Crippen LogP contribution in [0.15, 0.2) is 6.07 Å². The maximum Gasteiger partial charge on any atom is 0.165 e. The van der Waals surface area contributed by atoms with E-state index in [0.29, 0.717) is 30.1 Å². The van der Waals surface area contributed by atoms with E-state index >= 15 is 0 Å². The summed E-state index contributed by atoms with van der Waals surface area (Å²) in [4.78, 5) is 0. The van der Waals surface area contributed by atoms with Gasteiger partial charge in [0.15, 0.2) is 11.6 Å². The van der Waals surface area contributed by atoms with E-state index in [1.54, 1.807) is 6.07 Å².